The Morgan fingerprint density at radius 1 is 0.395 bits per heavy atom. The molecular weight excluding hydrogens is 468 g/mol. The molecule has 0 aromatic carbocycles. The van der Waals surface area contributed by atoms with Crippen molar-refractivity contribution in [3.63, 3.8) is 0 Å². The Labute approximate surface area is 240 Å². The van der Waals surface area contributed by atoms with Gasteiger partial charge in [-0.3, -0.25) is 0 Å². The fourth-order valence-corrected chi connectivity index (χ4v) is 5.31. The van der Waals surface area contributed by atoms with E-state index in [-0.39, 0.29) is 12.7 Å². The zero-order valence-corrected chi connectivity index (χ0v) is 26.5. The summed E-state index contributed by atoms with van der Waals surface area (Å²) in [5.41, 5.74) is 0. The molecule has 1 atom stereocenters. The highest BCUT2D eigenvalue weighted by Crippen LogP contribution is 2.14. The second-order valence-corrected chi connectivity index (χ2v) is 11.9. The van der Waals surface area contributed by atoms with Gasteiger partial charge in [-0.05, 0) is 12.8 Å². The van der Waals surface area contributed by atoms with Gasteiger partial charge >= 0.3 is 0 Å². The normalized spacial score (nSPS) is 12.4. The molecule has 3 heteroatoms. The van der Waals surface area contributed by atoms with E-state index in [0.717, 1.165) is 26.1 Å². The highest BCUT2D eigenvalue weighted by atomic mass is 16.5. The first-order valence-electron chi connectivity index (χ1n) is 17.6. The lowest BCUT2D eigenvalue weighted by molar-refractivity contribution is -0.0437. The van der Waals surface area contributed by atoms with Crippen LogP contribution in [-0.4, -0.2) is 37.6 Å². The van der Waals surface area contributed by atoms with Crippen molar-refractivity contribution in [2.24, 2.45) is 0 Å². The molecule has 230 valence electrons. The molecule has 0 saturated carbocycles. The third-order valence-corrected chi connectivity index (χ3v) is 8.00. The standard InChI is InChI=1S/C35H72O3/c1-3-5-7-9-11-13-15-17-19-21-23-25-27-29-31-37-34-35(33-36)38-32-30-28-26-24-22-20-18-16-14-12-10-8-6-4-2/h35-36H,3-34H2,1-2H3/t35-/m1/s1. The Bertz CT molecular complexity index is 401. The number of aliphatic hydroxyl groups is 1. The molecule has 0 unspecified atom stereocenters. The molecule has 0 saturated heterocycles. The van der Waals surface area contributed by atoms with Gasteiger partial charge in [0.05, 0.1) is 13.2 Å². The first-order valence-corrected chi connectivity index (χ1v) is 17.6. The zero-order chi connectivity index (χ0) is 27.6. The van der Waals surface area contributed by atoms with Crippen LogP contribution in [0, 0.1) is 0 Å². The number of ether oxygens (including phenoxy) is 2. The van der Waals surface area contributed by atoms with E-state index in [1.54, 1.807) is 0 Å². The molecule has 0 amide bonds. The van der Waals surface area contributed by atoms with Gasteiger partial charge in [0.15, 0.2) is 0 Å². The molecule has 0 bridgehead atoms. The van der Waals surface area contributed by atoms with Gasteiger partial charge in [-0.25, -0.2) is 0 Å². The molecular formula is C35H72O3. The molecule has 38 heavy (non-hydrogen) atoms. The van der Waals surface area contributed by atoms with Crippen LogP contribution < -0.4 is 0 Å². The highest BCUT2D eigenvalue weighted by molar-refractivity contribution is 4.56. The topological polar surface area (TPSA) is 38.7 Å². The van der Waals surface area contributed by atoms with E-state index in [4.69, 9.17) is 9.47 Å². The molecule has 0 aliphatic carbocycles. The zero-order valence-electron chi connectivity index (χ0n) is 26.5. The van der Waals surface area contributed by atoms with Crippen molar-refractivity contribution in [2.45, 2.75) is 200 Å². The van der Waals surface area contributed by atoms with Gasteiger partial charge in [0.1, 0.15) is 6.10 Å². The smallest absolute Gasteiger partial charge is 0.104 e. The van der Waals surface area contributed by atoms with Gasteiger partial charge in [0.2, 0.25) is 0 Å². The second kappa shape index (κ2) is 34.9. The summed E-state index contributed by atoms with van der Waals surface area (Å²) in [6.07, 6.45) is 38.4. The first-order chi connectivity index (χ1) is 18.8. The van der Waals surface area contributed by atoms with Crippen LogP contribution in [0.4, 0.5) is 0 Å². The van der Waals surface area contributed by atoms with E-state index < -0.39 is 0 Å². The van der Waals surface area contributed by atoms with E-state index in [1.807, 2.05) is 0 Å². The molecule has 0 radical (unpaired) electrons. The number of aliphatic hydroxyl groups excluding tert-OH is 1. The Hall–Kier alpha value is -0.120. The molecule has 1 N–H and O–H groups in total. The molecule has 0 aromatic heterocycles. The SMILES string of the molecule is CCCCCCCCCCCCCCCCOC[C@@H](CO)OCCCCCCCCCCCCCCCC. The average Bonchev–Trinajstić information content (AvgIpc) is 2.93. The summed E-state index contributed by atoms with van der Waals surface area (Å²) in [4.78, 5) is 0. The van der Waals surface area contributed by atoms with E-state index in [1.165, 1.54) is 167 Å². The lowest BCUT2D eigenvalue weighted by Crippen LogP contribution is -2.24. The van der Waals surface area contributed by atoms with E-state index in [9.17, 15) is 5.11 Å². The quantitative estimate of drug-likeness (QED) is 0.0825. The van der Waals surface area contributed by atoms with Crippen molar-refractivity contribution in [1.29, 1.82) is 0 Å². The monoisotopic (exact) mass is 541 g/mol. The molecule has 0 aromatic rings. The molecule has 0 aliphatic heterocycles. The Kier molecular flexibility index (Phi) is 34.8. The summed E-state index contributed by atoms with van der Waals surface area (Å²) < 4.78 is 11.6. The minimum Gasteiger partial charge on any atom is -0.394 e. The Balaban J connectivity index is 3.25. The molecule has 3 nitrogen and oxygen atoms in total. The number of hydrogen-bond acceptors (Lipinski definition) is 3. The van der Waals surface area contributed by atoms with Crippen LogP contribution in [0.3, 0.4) is 0 Å². The second-order valence-electron chi connectivity index (χ2n) is 11.9. The van der Waals surface area contributed by atoms with Gasteiger partial charge in [-0.1, -0.05) is 181 Å². The summed E-state index contributed by atoms with van der Waals surface area (Å²) in [6, 6.07) is 0. The van der Waals surface area contributed by atoms with Crippen molar-refractivity contribution in [1.82, 2.24) is 0 Å². The lowest BCUT2D eigenvalue weighted by atomic mass is 10.0. The average molecular weight is 541 g/mol. The Morgan fingerprint density at radius 3 is 1.00 bits per heavy atom. The summed E-state index contributed by atoms with van der Waals surface area (Å²) in [5, 5.41) is 9.56. The van der Waals surface area contributed by atoms with Crippen molar-refractivity contribution in [3.05, 3.63) is 0 Å². The first kappa shape index (κ1) is 37.9. The maximum Gasteiger partial charge on any atom is 0.104 e. The van der Waals surface area contributed by atoms with Crippen LogP contribution >= 0.6 is 0 Å². The molecule has 0 heterocycles. The molecule has 0 aliphatic rings. The summed E-state index contributed by atoms with van der Waals surface area (Å²) >= 11 is 0. The van der Waals surface area contributed by atoms with Gasteiger partial charge < -0.3 is 14.6 Å². The minimum absolute atomic E-state index is 0.0668. The van der Waals surface area contributed by atoms with Gasteiger partial charge in [0.25, 0.3) is 0 Å². The maximum atomic E-state index is 9.56. The number of rotatable bonds is 34. The summed E-state index contributed by atoms with van der Waals surface area (Å²) in [5.74, 6) is 0. The maximum absolute atomic E-state index is 9.56. The van der Waals surface area contributed by atoms with Crippen LogP contribution in [0.2, 0.25) is 0 Å². The lowest BCUT2D eigenvalue weighted by Gasteiger charge is -2.15. The molecule has 0 fully saturated rings. The van der Waals surface area contributed by atoms with E-state index >= 15 is 0 Å². The van der Waals surface area contributed by atoms with Crippen molar-refractivity contribution < 1.29 is 14.6 Å². The summed E-state index contributed by atoms with van der Waals surface area (Å²) in [6.45, 7) is 6.74. The van der Waals surface area contributed by atoms with Crippen molar-refractivity contribution in [2.75, 3.05) is 26.4 Å². The van der Waals surface area contributed by atoms with Gasteiger partial charge in [-0.2, -0.15) is 0 Å². The predicted octanol–water partition coefficient (Wildman–Crippen LogP) is 11.3. The fourth-order valence-electron chi connectivity index (χ4n) is 5.31. The molecule has 0 rings (SSSR count). The fraction of sp³-hybridized carbons (Fsp3) is 1.00. The third-order valence-electron chi connectivity index (χ3n) is 8.00. The summed E-state index contributed by atoms with van der Waals surface area (Å²) in [7, 11) is 0. The van der Waals surface area contributed by atoms with Crippen LogP contribution in [-0.2, 0) is 9.47 Å². The van der Waals surface area contributed by atoms with Crippen LogP contribution in [0.25, 0.3) is 0 Å². The van der Waals surface area contributed by atoms with Crippen LogP contribution in [0.1, 0.15) is 194 Å². The van der Waals surface area contributed by atoms with Crippen LogP contribution in [0.5, 0.6) is 0 Å². The van der Waals surface area contributed by atoms with Gasteiger partial charge in [0, 0.05) is 13.2 Å². The minimum atomic E-state index is -0.149. The van der Waals surface area contributed by atoms with Crippen molar-refractivity contribution in [3.8, 4) is 0 Å². The predicted molar refractivity (Wildman–Crippen MR) is 168 cm³/mol. The third kappa shape index (κ3) is 32.1. The molecule has 0 spiro atoms. The number of unbranched alkanes of at least 4 members (excludes halogenated alkanes) is 26. The van der Waals surface area contributed by atoms with E-state index in [2.05, 4.69) is 13.8 Å². The Morgan fingerprint density at radius 2 is 0.684 bits per heavy atom. The number of hydrogen-bond donors (Lipinski definition) is 1. The van der Waals surface area contributed by atoms with Crippen molar-refractivity contribution >= 4 is 0 Å². The van der Waals surface area contributed by atoms with E-state index in [0.29, 0.717) is 6.61 Å². The van der Waals surface area contributed by atoms with Crippen LogP contribution in [0.15, 0.2) is 0 Å². The highest BCUT2D eigenvalue weighted by Gasteiger charge is 2.07. The largest absolute Gasteiger partial charge is 0.394 e. The van der Waals surface area contributed by atoms with Gasteiger partial charge in [-0.15, -0.1) is 0 Å².